The number of hydrogen-bond acceptors (Lipinski definition) is 4. The Kier molecular flexibility index (Phi) is 2.96. The fraction of sp³-hybridized carbons (Fsp3) is 0.364. The molecule has 2 aromatic rings. The van der Waals surface area contributed by atoms with Crippen molar-refractivity contribution in [3.05, 3.63) is 29.3 Å². The van der Waals surface area contributed by atoms with Crippen LogP contribution in [0.2, 0.25) is 0 Å². The first-order chi connectivity index (χ1) is 7.70. The quantitative estimate of drug-likeness (QED) is 0.803. The second kappa shape index (κ2) is 4.40. The third-order valence-corrected chi connectivity index (χ3v) is 2.35. The van der Waals surface area contributed by atoms with Gasteiger partial charge in [-0.1, -0.05) is 0 Å². The molecule has 0 atom stereocenters. The molecule has 0 aliphatic rings. The highest BCUT2D eigenvalue weighted by atomic mass is 15.1. The number of rotatable bonds is 3. The van der Waals surface area contributed by atoms with E-state index >= 15 is 0 Å². The SMILES string of the molecule is Cc1cc(-c2[nH]ncc2CCN)nc(C)n1. The maximum absolute atomic E-state index is 5.55. The van der Waals surface area contributed by atoms with E-state index in [0.717, 1.165) is 34.9 Å². The number of nitrogens with one attached hydrogen (secondary N) is 1. The van der Waals surface area contributed by atoms with E-state index in [4.69, 9.17) is 5.73 Å². The van der Waals surface area contributed by atoms with Gasteiger partial charge in [-0.15, -0.1) is 0 Å². The van der Waals surface area contributed by atoms with Crippen LogP contribution in [-0.4, -0.2) is 26.7 Å². The first-order valence-corrected chi connectivity index (χ1v) is 5.25. The van der Waals surface area contributed by atoms with E-state index in [-0.39, 0.29) is 0 Å². The van der Waals surface area contributed by atoms with Crippen LogP contribution in [0.5, 0.6) is 0 Å². The average Bonchev–Trinajstić information content (AvgIpc) is 2.65. The van der Waals surface area contributed by atoms with Crippen LogP contribution in [-0.2, 0) is 6.42 Å². The molecule has 16 heavy (non-hydrogen) atoms. The van der Waals surface area contributed by atoms with Gasteiger partial charge in [0, 0.05) is 11.3 Å². The molecule has 0 unspecified atom stereocenters. The summed E-state index contributed by atoms with van der Waals surface area (Å²) in [4.78, 5) is 8.65. The molecule has 0 saturated carbocycles. The van der Waals surface area contributed by atoms with Gasteiger partial charge >= 0.3 is 0 Å². The maximum Gasteiger partial charge on any atom is 0.126 e. The molecule has 0 aliphatic heterocycles. The first-order valence-electron chi connectivity index (χ1n) is 5.25. The van der Waals surface area contributed by atoms with Crippen molar-refractivity contribution in [1.29, 1.82) is 0 Å². The van der Waals surface area contributed by atoms with E-state index in [1.54, 1.807) is 6.20 Å². The van der Waals surface area contributed by atoms with Crippen LogP contribution >= 0.6 is 0 Å². The van der Waals surface area contributed by atoms with Gasteiger partial charge in [-0.3, -0.25) is 5.10 Å². The summed E-state index contributed by atoms with van der Waals surface area (Å²) in [7, 11) is 0. The molecule has 0 saturated heterocycles. The number of hydrogen-bond donors (Lipinski definition) is 2. The van der Waals surface area contributed by atoms with Crippen LogP contribution in [0.3, 0.4) is 0 Å². The summed E-state index contributed by atoms with van der Waals surface area (Å²) in [6.45, 7) is 4.45. The standard InChI is InChI=1S/C11H15N5/c1-7-5-10(15-8(2)14-7)11-9(3-4-12)6-13-16-11/h5-6H,3-4,12H2,1-2H3,(H,13,16). The molecular weight excluding hydrogens is 202 g/mol. The molecule has 3 N–H and O–H groups in total. The Labute approximate surface area is 94.1 Å². The molecule has 2 heterocycles. The lowest BCUT2D eigenvalue weighted by atomic mass is 10.1. The van der Waals surface area contributed by atoms with Gasteiger partial charge in [0.25, 0.3) is 0 Å². The lowest BCUT2D eigenvalue weighted by molar-refractivity contribution is 0.964. The van der Waals surface area contributed by atoms with Crippen LogP contribution in [0, 0.1) is 13.8 Å². The van der Waals surface area contributed by atoms with Crippen molar-refractivity contribution in [3.8, 4) is 11.4 Å². The van der Waals surface area contributed by atoms with Crippen LogP contribution in [0.15, 0.2) is 12.3 Å². The molecule has 5 nitrogen and oxygen atoms in total. The van der Waals surface area contributed by atoms with E-state index in [0.29, 0.717) is 6.54 Å². The summed E-state index contributed by atoms with van der Waals surface area (Å²) in [5.74, 6) is 0.767. The summed E-state index contributed by atoms with van der Waals surface area (Å²) in [5, 5.41) is 7.00. The van der Waals surface area contributed by atoms with E-state index in [9.17, 15) is 0 Å². The summed E-state index contributed by atoms with van der Waals surface area (Å²) < 4.78 is 0. The predicted molar refractivity (Wildman–Crippen MR) is 61.8 cm³/mol. The Hall–Kier alpha value is -1.75. The highest BCUT2D eigenvalue weighted by Crippen LogP contribution is 2.19. The zero-order valence-corrected chi connectivity index (χ0v) is 9.49. The van der Waals surface area contributed by atoms with Gasteiger partial charge in [0.1, 0.15) is 5.82 Å². The molecule has 2 aromatic heterocycles. The third kappa shape index (κ3) is 2.09. The van der Waals surface area contributed by atoms with Gasteiger partial charge < -0.3 is 5.73 Å². The Morgan fingerprint density at radius 3 is 2.81 bits per heavy atom. The van der Waals surface area contributed by atoms with E-state index in [1.807, 2.05) is 19.9 Å². The van der Waals surface area contributed by atoms with Crippen molar-refractivity contribution < 1.29 is 0 Å². The highest BCUT2D eigenvalue weighted by molar-refractivity contribution is 5.58. The van der Waals surface area contributed by atoms with E-state index < -0.39 is 0 Å². The van der Waals surface area contributed by atoms with Crippen molar-refractivity contribution >= 4 is 0 Å². The zero-order valence-electron chi connectivity index (χ0n) is 9.49. The minimum Gasteiger partial charge on any atom is -0.330 e. The normalized spacial score (nSPS) is 10.7. The maximum atomic E-state index is 5.55. The Balaban J connectivity index is 2.45. The number of aromatic amines is 1. The molecule has 5 heteroatoms. The summed E-state index contributed by atoms with van der Waals surface area (Å²) in [6.07, 6.45) is 2.60. The number of H-pyrrole nitrogens is 1. The van der Waals surface area contributed by atoms with Gasteiger partial charge in [0.05, 0.1) is 17.6 Å². The van der Waals surface area contributed by atoms with Crippen molar-refractivity contribution in [1.82, 2.24) is 20.2 Å². The van der Waals surface area contributed by atoms with Crippen molar-refractivity contribution in [2.24, 2.45) is 5.73 Å². The molecule has 0 aliphatic carbocycles. The van der Waals surface area contributed by atoms with Gasteiger partial charge in [-0.25, -0.2) is 9.97 Å². The average molecular weight is 217 g/mol. The van der Waals surface area contributed by atoms with E-state index in [2.05, 4.69) is 20.2 Å². The Bertz CT molecular complexity index is 469. The second-order valence-corrected chi connectivity index (χ2v) is 3.75. The van der Waals surface area contributed by atoms with Crippen molar-refractivity contribution in [3.63, 3.8) is 0 Å². The van der Waals surface area contributed by atoms with Gasteiger partial charge in [0.15, 0.2) is 0 Å². The number of nitrogens with zero attached hydrogens (tertiary/aromatic N) is 3. The van der Waals surface area contributed by atoms with Crippen molar-refractivity contribution in [2.45, 2.75) is 20.3 Å². The fourth-order valence-corrected chi connectivity index (χ4v) is 1.72. The number of aromatic nitrogens is 4. The largest absolute Gasteiger partial charge is 0.330 e. The Morgan fingerprint density at radius 2 is 2.12 bits per heavy atom. The molecule has 0 spiro atoms. The molecule has 0 aromatic carbocycles. The molecule has 0 bridgehead atoms. The monoisotopic (exact) mass is 217 g/mol. The number of nitrogens with two attached hydrogens (primary N) is 1. The van der Waals surface area contributed by atoms with Crippen LogP contribution in [0.1, 0.15) is 17.1 Å². The second-order valence-electron chi connectivity index (χ2n) is 3.75. The first kappa shape index (κ1) is 10.8. The van der Waals surface area contributed by atoms with Crippen LogP contribution in [0.4, 0.5) is 0 Å². The van der Waals surface area contributed by atoms with Crippen LogP contribution in [0.25, 0.3) is 11.4 Å². The predicted octanol–water partition coefficient (Wildman–Crippen LogP) is 0.985. The van der Waals surface area contributed by atoms with Crippen LogP contribution < -0.4 is 5.73 Å². The molecular formula is C11H15N5. The van der Waals surface area contributed by atoms with Gasteiger partial charge in [-0.05, 0) is 32.9 Å². The highest BCUT2D eigenvalue weighted by Gasteiger charge is 2.09. The van der Waals surface area contributed by atoms with Gasteiger partial charge in [-0.2, -0.15) is 5.10 Å². The topological polar surface area (TPSA) is 80.5 Å². The third-order valence-electron chi connectivity index (χ3n) is 2.35. The van der Waals surface area contributed by atoms with Gasteiger partial charge in [0.2, 0.25) is 0 Å². The lowest BCUT2D eigenvalue weighted by Gasteiger charge is -2.03. The molecule has 0 fully saturated rings. The Morgan fingerprint density at radius 1 is 1.31 bits per heavy atom. The fourth-order valence-electron chi connectivity index (χ4n) is 1.72. The minimum atomic E-state index is 0.607. The molecule has 2 rings (SSSR count). The molecule has 84 valence electrons. The zero-order chi connectivity index (χ0) is 11.5. The summed E-state index contributed by atoms with van der Waals surface area (Å²) in [6, 6.07) is 1.94. The molecule has 0 radical (unpaired) electrons. The smallest absolute Gasteiger partial charge is 0.126 e. The van der Waals surface area contributed by atoms with E-state index in [1.165, 1.54) is 0 Å². The lowest BCUT2D eigenvalue weighted by Crippen LogP contribution is -2.03. The summed E-state index contributed by atoms with van der Waals surface area (Å²) >= 11 is 0. The minimum absolute atomic E-state index is 0.607. The number of aryl methyl sites for hydroxylation is 2. The van der Waals surface area contributed by atoms with Crippen molar-refractivity contribution in [2.75, 3.05) is 6.54 Å². The summed E-state index contributed by atoms with van der Waals surface area (Å²) in [5.41, 5.74) is 9.43. The molecule has 0 amide bonds.